The molecule has 362 valence electrons. The number of carboxylic acids is 2. The smallest absolute Gasteiger partial charge is 0.388 e. The Balaban J connectivity index is 0.000000289. The number of urea groups is 1. The molecule has 1 aliphatic heterocycles. The number of nitrogens with zero attached hydrogens (tertiary/aromatic N) is 5. The average Bonchev–Trinajstić information content (AvgIpc) is 3.53. The molecule has 1 aliphatic rings. The van der Waals surface area contributed by atoms with Crippen LogP contribution in [0.1, 0.15) is 29.6 Å². The van der Waals surface area contributed by atoms with E-state index in [0.717, 1.165) is 54.1 Å². The fourth-order valence-electron chi connectivity index (χ4n) is 4.88. The molecule has 0 spiro atoms. The summed E-state index contributed by atoms with van der Waals surface area (Å²) >= 11 is 8.17. The summed E-state index contributed by atoms with van der Waals surface area (Å²) in [5.74, 6) is -6.52. The number of ether oxygens (including phenoxy) is 3. The number of aliphatic carboxylic acids is 1. The maximum atomic E-state index is 14.3. The molecule has 2 unspecified atom stereocenters. The van der Waals surface area contributed by atoms with E-state index in [-0.39, 0.29) is 33.9 Å². The lowest BCUT2D eigenvalue weighted by molar-refractivity contribution is -0.139. The van der Waals surface area contributed by atoms with Gasteiger partial charge in [0.1, 0.15) is 22.4 Å². The highest BCUT2D eigenvalue weighted by Gasteiger charge is 2.25. The molecule has 2 atom stereocenters. The number of aromatic carboxylic acids is 1. The number of methoxy groups -OCH3 is 1. The molecule has 2 aromatic carbocycles. The lowest BCUT2D eigenvalue weighted by Gasteiger charge is -2.15. The molecule has 66 heavy (non-hydrogen) atoms. The summed E-state index contributed by atoms with van der Waals surface area (Å²) in [6.45, 7) is -4.31. The van der Waals surface area contributed by atoms with E-state index in [9.17, 15) is 58.9 Å². The van der Waals surface area contributed by atoms with Crippen LogP contribution in [0.15, 0.2) is 62.0 Å². The zero-order valence-electron chi connectivity index (χ0n) is 33.8. The van der Waals surface area contributed by atoms with Crippen molar-refractivity contribution in [3.63, 3.8) is 0 Å². The van der Waals surface area contributed by atoms with E-state index >= 15 is 0 Å². The fraction of sp³-hybridized carbons (Fsp3) is 0.353. The predicted molar refractivity (Wildman–Crippen MR) is 224 cm³/mol. The summed E-state index contributed by atoms with van der Waals surface area (Å²) in [4.78, 5) is 76.2. The number of nitrogens with one attached hydrogen (secondary N) is 2. The molecule has 0 saturated carbocycles. The van der Waals surface area contributed by atoms with Crippen molar-refractivity contribution in [2.45, 2.75) is 61.4 Å². The van der Waals surface area contributed by atoms with Crippen LogP contribution < -0.4 is 34.9 Å². The molecule has 32 heteroatoms. The molecule has 0 bridgehead atoms. The van der Waals surface area contributed by atoms with Gasteiger partial charge in [0.25, 0.3) is 10.0 Å². The molecule has 0 aliphatic carbocycles. The first kappa shape index (κ1) is 54.7. The number of anilines is 1. The Morgan fingerprint density at radius 1 is 1.03 bits per heavy atom. The first-order valence-corrected chi connectivity index (χ1v) is 24.0. The van der Waals surface area contributed by atoms with Crippen LogP contribution in [0.2, 0.25) is 5.02 Å². The highest BCUT2D eigenvalue weighted by Crippen LogP contribution is 2.36. The van der Waals surface area contributed by atoms with Crippen molar-refractivity contribution in [2.24, 2.45) is 10.7 Å². The number of fused-ring (bicyclic) bond motifs is 1. The number of sulfonamides is 1. The van der Waals surface area contributed by atoms with Gasteiger partial charge in [-0.3, -0.25) is 28.9 Å². The maximum absolute atomic E-state index is 14.3. The molecule has 0 radical (unpaired) electrons. The third-order valence-corrected chi connectivity index (χ3v) is 12.6. The van der Waals surface area contributed by atoms with Crippen LogP contribution in [0.5, 0.6) is 11.8 Å². The summed E-state index contributed by atoms with van der Waals surface area (Å²) in [6.07, 6.45) is 1.90. The van der Waals surface area contributed by atoms with Gasteiger partial charge in [-0.2, -0.15) is 27.5 Å². The van der Waals surface area contributed by atoms with Crippen LogP contribution in [-0.2, 0) is 42.0 Å². The lowest BCUT2D eigenvalue weighted by atomic mass is 10.2. The Morgan fingerprint density at radius 2 is 1.62 bits per heavy atom. The number of nitrogens with two attached hydrogens (primary N) is 1. The second kappa shape index (κ2) is 24.8. The summed E-state index contributed by atoms with van der Waals surface area (Å²) < 4.78 is 116. The monoisotopic (exact) mass is 1040 g/mol. The van der Waals surface area contributed by atoms with Crippen LogP contribution in [0, 0.1) is 5.82 Å². The Labute approximate surface area is 382 Å². The standard InChI is InChI=1S/C15H15ClFN3O3S2.C14H10F4N4O7S.C5H12NO4P/c1-23-13(21)8-24-12-7-11(10(17)6-9(12)16)18-14-19-4-2-3-5-20(19)15(22)25-14;15-11(16)28-8-5-9(29-12(17)18)20-13(19-8)21-14(25)22-30(26,27)7-4-2-1-3-6(7)10(23)24;1-11(9,10)3-2-4(6)5(7)8/h6-7H,2-5,8H2,1H3;1-5,11-12H,(H,23,24)(H2,19,20,21,22,25);4H,2-3,6H2,1H3,(H,7,8)(H,9,10). The molecule has 3 heterocycles. The Bertz CT molecular complexity index is 2660. The van der Waals surface area contributed by atoms with Crippen molar-refractivity contribution in [3.05, 3.63) is 73.3 Å². The lowest BCUT2D eigenvalue weighted by Crippen LogP contribution is -2.35. The van der Waals surface area contributed by atoms with Gasteiger partial charge in [0.15, 0.2) is 7.37 Å². The Hall–Kier alpha value is -5.65. The van der Waals surface area contributed by atoms with E-state index in [4.69, 9.17) is 32.4 Å². The van der Waals surface area contributed by atoms with Gasteiger partial charge in [-0.1, -0.05) is 23.7 Å². The topological polar surface area (TPSA) is 323 Å². The third kappa shape index (κ3) is 17.6. The molecular weight excluding hydrogens is 1000 g/mol. The Morgan fingerprint density at radius 3 is 2.17 bits per heavy atom. The SMILES string of the molecule is COC(=O)CSc1cc(N=c2sc(=O)n3n2CCCC3)c(F)cc1Cl.CP(=O)(O)CCC(N)C(=O)O.O=C(Nc1nc(OC(F)F)cc(OC(F)F)n1)NS(=O)(=O)c1ccccc1C(=O)O. The van der Waals surface area contributed by atoms with Crippen molar-refractivity contribution < 1.29 is 83.4 Å². The van der Waals surface area contributed by atoms with Crippen molar-refractivity contribution >= 4 is 87.7 Å². The van der Waals surface area contributed by atoms with Crippen molar-refractivity contribution in [3.8, 4) is 11.8 Å². The van der Waals surface area contributed by atoms with Gasteiger partial charge < -0.3 is 35.1 Å². The molecule has 0 fully saturated rings. The minimum Gasteiger partial charge on any atom is -0.480 e. The number of halogens is 6. The second-order valence-electron chi connectivity index (χ2n) is 12.8. The van der Waals surface area contributed by atoms with Gasteiger partial charge in [-0.05, 0) is 54.9 Å². The summed E-state index contributed by atoms with van der Waals surface area (Å²) in [6, 6.07) is 4.84. The number of carboxylic acid groups (broad SMARTS) is 2. The van der Waals surface area contributed by atoms with E-state index in [1.165, 1.54) is 36.7 Å². The number of amides is 2. The summed E-state index contributed by atoms with van der Waals surface area (Å²) in [7, 11) is -6.52. The van der Waals surface area contributed by atoms with Crippen molar-refractivity contribution in [1.82, 2.24) is 24.1 Å². The van der Waals surface area contributed by atoms with Gasteiger partial charge in [-0.15, -0.1) is 11.8 Å². The van der Waals surface area contributed by atoms with E-state index in [1.807, 2.05) is 0 Å². The van der Waals surface area contributed by atoms with E-state index in [0.29, 0.717) is 28.9 Å². The van der Waals surface area contributed by atoms with Gasteiger partial charge in [0, 0.05) is 30.8 Å². The van der Waals surface area contributed by atoms with Crippen LogP contribution in [0.4, 0.5) is 38.4 Å². The number of aromatic nitrogens is 4. The zero-order chi connectivity index (χ0) is 49.5. The predicted octanol–water partition coefficient (Wildman–Crippen LogP) is 4.37. The second-order valence-corrected chi connectivity index (χ2v) is 19.4. The average molecular weight is 1040 g/mol. The van der Waals surface area contributed by atoms with Crippen molar-refractivity contribution in [1.29, 1.82) is 0 Å². The van der Waals surface area contributed by atoms with Gasteiger partial charge in [0.2, 0.25) is 22.5 Å². The van der Waals surface area contributed by atoms with E-state index < -0.39 is 94.6 Å². The van der Waals surface area contributed by atoms with Gasteiger partial charge in [-0.25, -0.2) is 36.8 Å². The number of carbonyl (C=O) groups is 4. The number of benzene rings is 2. The number of thioether (sulfide) groups is 1. The number of alkyl halides is 4. The van der Waals surface area contributed by atoms with Crippen LogP contribution in [0.25, 0.3) is 0 Å². The Kier molecular flexibility index (Phi) is 20.5. The van der Waals surface area contributed by atoms with Gasteiger partial charge >= 0.3 is 42.0 Å². The number of hydrogen-bond donors (Lipinski definition) is 6. The first-order valence-electron chi connectivity index (χ1n) is 18.1. The van der Waals surface area contributed by atoms with Crippen LogP contribution in [0.3, 0.4) is 0 Å². The summed E-state index contributed by atoms with van der Waals surface area (Å²) in [5.41, 5.74) is 4.53. The van der Waals surface area contributed by atoms with Crippen molar-refractivity contribution in [2.75, 3.05) is 31.0 Å². The molecule has 2 amide bonds. The largest absolute Gasteiger partial charge is 0.480 e. The molecule has 22 nitrogen and oxygen atoms in total. The zero-order valence-corrected chi connectivity index (χ0v) is 37.9. The minimum absolute atomic E-state index is 0.0412. The molecule has 4 aromatic rings. The number of carbonyl (C=O) groups excluding carboxylic acids is 2. The quantitative estimate of drug-likeness (QED) is 0.0393. The molecular formula is C34H37ClF5N8O14PS3. The number of rotatable bonds is 16. The van der Waals surface area contributed by atoms with Crippen LogP contribution in [-0.4, -0.2) is 112 Å². The number of esters is 1. The first-order chi connectivity index (χ1) is 30.8. The highest BCUT2D eigenvalue weighted by molar-refractivity contribution is 8.00. The third-order valence-electron chi connectivity index (χ3n) is 7.81. The van der Waals surface area contributed by atoms with Crippen LogP contribution >= 0.6 is 42.1 Å². The van der Waals surface area contributed by atoms with Gasteiger partial charge in [0.05, 0.1) is 29.5 Å². The number of hydrogen-bond acceptors (Lipinski definition) is 17. The molecule has 5 rings (SSSR count). The van der Waals surface area contributed by atoms with E-state index in [2.05, 4.69) is 29.2 Å². The maximum Gasteiger partial charge on any atom is 0.388 e. The minimum atomic E-state index is -4.71. The molecule has 0 saturated heterocycles. The molecule has 2 aromatic heterocycles. The normalized spacial score (nSPS) is 13.7. The fourth-order valence-corrected chi connectivity index (χ4v) is 8.73. The summed E-state index contributed by atoms with van der Waals surface area (Å²) in [5, 5.41) is 19.2. The molecule has 7 N–H and O–H groups in total. The van der Waals surface area contributed by atoms with E-state index in [1.54, 1.807) is 14.7 Å². The highest BCUT2D eigenvalue weighted by atomic mass is 35.5.